The zero-order chi connectivity index (χ0) is 26.4. The van der Waals surface area contributed by atoms with Gasteiger partial charge in [0.15, 0.2) is 0 Å². The van der Waals surface area contributed by atoms with Crippen molar-refractivity contribution in [1.29, 1.82) is 0 Å². The number of nitrogens with one attached hydrogen (secondary N) is 3. The first-order chi connectivity index (χ1) is 17.9. The molecule has 3 N–H and O–H groups in total. The average Bonchev–Trinajstić information content (AvgIpc) is 2.91. The second-order valence-corrected chi connectivity index (χ2v) is 8.63. The number of hydrogen-bond donors (Lipinski definition) is 3. The Kier molecular flexibility index (Phi) is 7.87. The molecular formula is C27H31N7O3. The predicted molar refractivity (Wildman–Crippen MR) is 146 cm³/mol. The number of benzene rings is 2. The molecular weight excluding hydrogens is 470 g/mol. The van der Waals surface area contributed by atoms with Crippen LogP contribution < -0.4 is 25.6 Å². The molecule has 1 saturated heterocycles. The molecule has 0 radical (unpaired) electrons. The van der Waals surface area contributed by atoms with Gasteiger partial charge in [-0.1, -0.05) is 12.6 Å². The number of carbonyl (C=O) groups excluding carboxylic acids is 2. The summed E-state index contributed by atoms with van der Waals surface area (Å²) in [5, 5.41) is 9.28. The maximum atomic E-state index is 11.6. The van der Waals surface area contributed by atoms with E-state index in [1.165, 1.54) is 6.08 Å². The topological polar surface area (TPSA) is 112 Å². The van der Waals surface area contributed by atoms with Gasteiger partial charge in [0.1, 0.15) is 11.6 Å². The van der Waals surface area contributed by atoms with E-state index in [9.17, 15) is 9.59 Å². The number of carbonyl (C=O) groups is 2. The Morgan fingerprint density at radius 3 is 2.51 bits per heavy atom. The van der Waals surface area contributed by atoms with E-state index < -0.39 is 0 Å². The van der Waals surface area contributed by atoms with Crippen LogP contribution in [0.1, 0.15) is 12.5 Å². The lowest BCUT2D eigenvalue weighted by atomic mass is 10.2. The van der Waals surface area contributed by atoms with Gasteiger partial charge in [0, 0.05) is 68.0 Å². The molecule has 2 heterocycles. The van der Waals surface area contributed by atoms with E-state index >= 15 is 0 Å². The Morgan fingerprint density at radius 1 is 1.05 bits per heavy atom. The van der Waals surface area contributed by atoms with Gasteiger partial charge in [-0.05, 0) is 43.3 Å². The molecule has 1 fully saturated rings. The fourth-order valence-electron chi connectivity index (χ4n) is 4.01. The highest BCUT2D eigenvalue weighted by Crippen LogP contribution is 2.32. The smallest absolute Gasteiger partial charge is 0.247 e. The molecule has 0 aliphatic carbocycles. The van der Waals surface area contributed by atoms with Crippen molar-refractivity contribution >= 4 is 46.3 Å². The minimum absolute atomic E-state index is 0.107. The van der Waals surface area contributed by atoms with E-state index in [-0.39, 0.29) is 11.8 Å². The monoisotopic (exact) mass is 501 g/mol. The van der Waals surface area contributed by atoms with Crippen molar-refractivity contribution < 1.29 is 14.3 Å². The van der Waals surface area contributed by atoms with E-state index in [1.54, 1.807) is 26.3 Å². The van der Waals surface area contributed by atoms with Crippen LogP contribution in [0.15, 0.2) is 61.3 Å². The minimum Gasteiger partial charge on any atom is -0.494 e. The van der Waals surface area contributed by atoms with Gasteiger partial charge < -0.3 is 30.5 Å². The molecule has 10 heteroatoms. The van der Waals surface area contributed by atoms with Crippen LogP contribution >= 0.6 is 0 Å². The minimum atomic E-state index is -0.278. The first kappa shape index (κ1) is 25.5. The Morgan fingerprint density at radius 2 is 1.81 bits per heavy atom. The molecule has 1 aliphatic rings. The summed E-state index contributed by atoms with van der Waals surface area (Å²) < 4.78 is 5.65. The summed E-state index contributed by atoms with van der Waals surface area (Å²) in [5.74, 6) is 1.53. The van der Waals surface area contributed by atoms with Crippen LogP contribution in [0, 0.1) is 6.92 Å². The fraction of sp³-hybridized carbons (Fsp3) is 0.259. The highest BCUT2D eigenvalue weighted by atomic mass is 16.5. The molecule has 2 aromatic carbocycles. The number of aryl methyl sites for hydroxylation is 1. The van der Waals surface area contributed by atoms with Crippen LogP contribution in [0.5, 0.6) is 5.75 Å². The van der Waals surface area contributed by atoms with Crippen molar-refractivity contribution in [3.8, 4) is 5.75 Å². The van der Waals surface area contributed by atoms with E-state index in [0.717, 1.165) is 35.7 Å². The predicted octanol–water partition coefficient (Wildman–Crippen LogP) is 4.07. The molecule has 0 bridgehead atoms. The zero-order valence-corrected chi connectivity index (χ0v) is 21.2. The SMILES string of the molecule is C=CC(=O)Nc1cccc(Nc2nc(Nc3ccc(N4CCN(C(C)=O)CC4)cc3OC)ncc2C)c1. The first-order valence-corrected chi connectivity index (χ1v) is 12.0. The summed E-state index contributed by atoms with van der Waals surface area (Å²) in [6.07, 6.45) is 2.96. The van der Waals surface area contributed by atoms with Gasteiger partial charge in [-0.15, -0.1) is 0 Å². The number of amides is 2. The first-order valence-electron chi connectivity index (χ1n) is 12.0. The lowest BCUT2D eigenvalue weighted by molar-refractivity contribution is -0.129. The summed E-state index contributed by atoms with van der Waals surface area (Å²) in [5.41, 5.74) is 4.03. The van der Waals surface area contributed by atoms with Gasteiger partial charge in [-0.25, -0.2) is 4.98 Å². The number of anilines is 6. The second kappa shape index (κ2) is 11.4. The molecule has 1 aromatic heterocycles. The van der Waals surface area contributed by atoms with Crippen molar-refractivity contribution in [2.75, 3.05) is 54.1 Å². The third kappa shape index (κ3) is 6.35. The highest BCUT2D eigenvalue weighted by molar-refractivity contribution is 5.99. The number of hydrogen-bond acceptors (Lipinski definition) is 8. The van der Waals surface area contributed by atoms with Crippen LogP contribution in [0.3, 0.4) is 0 Å². The molecule has 3 aromatic rings. The van der Waals surface area contributed by atoms with Gasteiger partial charge >= 0.3 is 0 Å². The van der Waals surface area contributed by atoms with Crippen LogP contribution in [0.2, 0.25) is 0 Å². The largest absolute Gasteiger partial charge is 0.494 e. The molecule has 192 valence electrons. The molecule has 2 amide bonds. The fourth-order valence-corrected chi connectivity index (χ4v) is 4.01. The number of rotatable bonds is 8. The summed E-state index contributed by atoms with van der Waals surface area (Å²) >= 11 is 0. The number of nitrogens with zero attached hydrogens (tertiary/aromatic N) is 4. The van der Waals surface area contributed by atoms with Crippen LogP contribution in [0.25, 0.3) is 0 Å². The second-order valence-electron chi connectivity index (χ2n) is 8.63. The molecule has 0 unspecified atom stereocenters. The normalized spacial score (nSPS) is 13.1. The van der Waals surface area contributed by atoms with Crippen molar-refractivity contribution in [2.45, 2.75) is 13.8 Å². The maximum absolute atomic E-state index is 11.6. The molecule has 4 rings (SSSR count). The summed E-state index contributed by atoms with van der Waals surface area (Å²) in [6.45, 7) is 9.94. The van der Waals surface area contributed by atoms with Crippen molar-refractivity contribution in [3.05, 3.63) is 66.9 Å². The molecule has 10 nitrogen and oxygen atoms in total. The van der Waals surface area contributed by atoms with Crippen LogP contribution in [0.4, 0.5) is 34.5 Å². The number of methoxy groups -OCH3 is 1. The summed E-state index contributed by atoms with van der Waals surface area (Å²) in [4.78, 5) is 36.4. The van der Waals surface area contributed by atoms with E-state index in [0.29, 0.717) is 36.3 Å². The highest BCUT2D eigenvalue weighted by Gasteiger charge is 2.20. The lowest BCUT2D eigenvalue weighted by Crippen LogP contribution is -2.48. The van der Waals surface area contributed by atoms with Gasteiger partial charge in [0.25, 0.3) is 0 Å². The number of ether oxygens (including phenoxy) is 1. The molecule has 37 heavy (non-hydrogen) atoms. The Hall–Kier alpha value is -4.60. The standard InChI is InChI=1S/C27H31N7O3/c1-5-25(36)29-20-7-6-8-21(15-20)30-26-18(2)17-28-27(32-26)31-23-10-9-22(16-24(23)37-4)34-13-11-33(12-14-34)19(3)35/h5-10,15-17H,1,11-14H2,2-4H3,(H,29,36)(H2,28,30,31,32). The summed E-state index contributed by atoms with van der Waals surface area (Å²) in [7, 11) is 1.62. The quantitative estimate of drug-likeness (QED) is 0.396. The van der Waals surface area contributed by atoms with Crippen LogP contribution in [-0.4, -0.2) is 60.0 Å². The molecule has 0 saturated carbocycles. The zero-order valence-electron chi connectivity index (χ0n) is 21.2. The van der Waals surface area contributed by atoms with E-state index in [4.69, 9.17) is 4.74 Å². The molecule has 1 aliphatic heterocycles. The molecule has 0 atom stereocenters. The lowest BCUT2D eigenvalue weighted by Gasteiger charge is -2.35. The van der Waals surface area contributed by atoms with Gasteiger partial charge in [-0.3, -0.25) is 9.59 Å². The molecule has 0 spiro atoms. The van der Waals surface area contributed by atoms with E-state index in [2.05, 4.69) is 37.4 Å². The van der Waals surface area contributed by atoms with Gasteiger partial charge in [-0.2, -0.15) is 4.98 Å². The van der Waals surface area contributed by atoms with Crippen molar-refractivity contribution in [3.63, 3.8) is 0 Å². The third-order valence-corrected chi connectivity index (χ3v) is 6.07. The average molecular weight is 502 g/mol. The number of piperazine rings is 1. The van der Waals surface area contributed by atoms with Gasteiger partial charge in [0.2, 0.25) is 17.8 Å². The van der Waals surface area contributed by atoms with Crippen molar-refractivity contribution in [1.82, 2.24) is 14.9 Å². The number of aromatic nitrogens is 2. The third-order valence-electron chi connectivity index (χ3n) is 6.07. The Balaban J connectivity index is 1.48. The van der Waals surface area contributed by atoms with Crippen molar-refractivity contribution in [2.24, 2.45) is 0 Å². The Labute approximate surface area is 216 Å². The maximum Gasteiger partial charge on any atom is 0.247 e. The summed E-state index contributed by atoms with van der Waals surface area (Å²) in [6, 6.07) is 13.3. The van der Waals surface area contributed by atoms with Crippen LogP contribution in [-0.2, 0) is 9.59 Å². The van der Waals surface area contributed by atoms with Gasteiger partial charge in [0.05, 0.1) is 12.8 Å². The Bertz CT molecular complexity index is 1300. The van der Waals surface area contributed by atoms with E-state index in [1.807, 2.05) is 48.2 Å².